The second kappa shape index (κ2) is 6.14. The molecule has 0 aliphatic rings. The molecule has 1 aromatic carbocycles. The van der Waals surface area contributed by atoms with Crippen molar-refractivity contribution in [2.75, 3.05) is 25.6 Å². The van der Waals surface area contributed by atoms with E-state index < -0.39 is 11.6 Å². The maximum absolute atomic E-state index is 11.6. The molecule has 21 heavy (non-hydrogen) atoms. The summed E-state index contributed by atoms with van der Waals surface area (Å²) in [5, 5.41) is 0.706. The normalized spacial score (nSPS) is 10.1. The van der Waals surface area contributed by atoms with Gasteiger partial charge in [-0.25, -0.2) is 4.79 Å². The number of terminal acetylenes is 1. The van der Waals surface area contributed by atoms with Gasteiger partial charge in [-0.15, -0.1) is 6.42 Å². The Morgan fingerprint density at radius 3 is 2.81 bits per heavy atom. The summed E-state index contributed by atoms with van der Waals surface area (Å²) in [7, 11) is 3.78. The molecule has 0 N–H and O–H groups in total. The fourth-order valence-electron chi connectivity index (χ4n) is 1.97. The Bertz CT molecular complexity index is 768. The molecular formula is C16H15NO4. The van der Waals surface area contributed by atoms with Crippen molar-refractivity contribution in [1.29, 1.82) is 0 Å². The van der Waals surface area contributed by atoms with E-state index in [2.05, 4.69) is 5.92 Å². The van der Waals surface area contributed by atoms with Crippen LogP contribution in [0.1, 0.15) is 5.56 Å². The lowest BCUT2D eigenvalue weighted by Gasteiger charge is -2.13. The molecule has 0 amide bonds. The van der Waals surface area contributed by atoms with Crippen LogP contribution in [0, 0.1) is 12.3 Å². The van der Waals surface area contributed by atoms with Gasteiger partial charge in [0, 0.05) is 37.3 Å². The minimum absolute atomic E-state index is 0.0227. The smallest absolute Gasteiger partial charge is 0.336 e. The standard InChI is InChI=1S/C16H15NO4/c1-4-7-20-15(18)8-11-9-16(19)21-14-10-12(17(2)3)5-6-13(11)14/h1,5-6,9-10H,7-8H2,2-3H3. The van der Waals surface area contributed by atoms with E-state index in [4.69, 9.17) is 15.6 Å². The Kier molecular flexibility index (Phi) is 4.29. The summed E-state index contributed by atoms with van der Waals surface area (Å²) in [6.45, 7) is -0.0804. The van der Waals surface area contributed by atoms with Crippen molar-refractivity contribution in [1.82, 2.24) is 0 Å². The highest BCUT2D eigenvalue weighted by atomic mass is 16.5. The van der Waals surface area contributed by atoms with Crippen LogP contribution in [0.15, 0.2) is 33.5 Å². The lowest BCUT2D eigenvalue weighted by Crippen LogP contribution is -2.11. The Balaban J connectivity index is 2.42. The summed E-state index contributed by atoms with van der Waals surface area (Å²) in [6.07, 6.45) is 5.01. The van der Waals surface area contributed by atoms with Crippen molar-refractivity contribution < 1.29 is 13.9 Å². The van der Waals surface area contributed by atoms with Crippen molar-refractivity contribution in [3.8, 4) is 12.3 Å². The van der Waals surface area contributed by atoms with Gasteiger partial charge in [0.05, 0.1) is 6.42 Å². The number of anilines is 1. The number of hydrogen-bond donors (Lipinski definition) is 0. The molecule has 0 saturated heterocycles. The van der Waals surface area contributed by atoms with Gasteiger partial charge in [0.1, 0.15) is 5.58 Å². The number of esters is 1. The number of ether oxygens (including phenoxy) is 1. The van der Waals surface area contributed by atoms with E-state index in [9.17, 15) is 9.59 Å². The van der Waals surface area contributed by atoms with E-state index in [1.165, 1.54) is 6.07 Å². The molecule has 5 nitrogen and oxygen atoms in total. The summed E-state index contributed by atoms with van der Waals surface area (Å²) >= 11 is 0. The van der Waals surface area contributed by atoms with Crippen LogP contribution in [0.3, 0.4) is 0 Å². The first-order chi connectivity index (χ1) is 10.0. The number of fused-ring (bicyclic) bond motifs is 1. The molecule has 108 valence electrons. The maximum atomic E-state index is 11.6. The molecule has 0 radical (unpaired) electrons. The fourth-order valence-corrected chi connectivity index (χ4v) is 1.97. The van der Waals surface area contributed by atoms with Gasteiger partial charge in [-0.05, 0) is 17.7 Å². The third-order valence-corrected chi connectivity index (χ3v) is 2.98. The van der Waals surface area contributed by atoms with Gasteiger partial charge in [0.2, 0.25) is 0 Å². The second-order valence-electron chi connectivity index (χ2n) is 4.71. The topological polar surface area (TPSA) is 59.8 Å². The van der Waals surface area contributed by atoms with Crippen molar-refractivity contribution in [2.45, 2.75) is 6.42 Å². The number of carbonyl (C=O) groups excluding carboxylic acids is 1. The van der Waals surface area contributed by atoms with Gasteiger partial charge >= 0.3 is 11.6 Å². The number of carbonyl (C=O) groups is 1. The van der Waals surface area contributed by atoms with Gasteiger partial charge in [-0.1, -0.05) is 5.92 Å². The van der Waals surface area contributed by atoms with Crippen LogP contribution in [0.25, 0.3) is 11.0 Å². The predicted octanol–water partition coefficient (Wildman–Crippen LogP) is 1.58. The highest BCUT2D eigenvalue weighted by Gasteiger charge is 2.11. The van der Waals surface area contributed by atoms with Gasteiger partial charge in [0.15, 0.2) is 6.61 Å². The molecule has 0 saturated carbocycles. The molecule has 0 unspecified atom stereocenters. The first kappa shape index (κ1) is 14.7. The third-order valence-electron chi connectivity index (χ3n) is 2.98. The first-order valence-corrected chi connectivity index (χ1v) is 6.34. The van der Waals surface area contributed by atoms with Gasteiger partial charge in [-0.2, -0.15) is 0 Å². The van der Waals surface area contributed by atoms with Gasteiger partial charge in [0.25, 0.3) is 0 Å². The molecule has 1 heterocycles. The minimum atomic E-state index is -0.502. The van der Waals surface area contributed by atoms with E-state index >= 15 is 0 Å². The average molecular weight is 285 g/mol. The zero-order chi connectivity index (χ0) is 15.4. The Morgan fingerprint density at radius 1 is 1.38 bits per heavy atom. The molecule has 0 bridgehead atoms. The molecule has 1 aromatic heterocycles. The lowest BCUT2D eigenvalue weighted by atomic mass is 10.1. The number of hydrogen-bond acceptors (Lipinski definition) is 5. The zero-order valence-corrected chi connectivity index (χ0v) is 11.9. The largest absolute Gasteiger partial charge is 0.452 e. The van der Waals surface area contributed by atoms with Crippen molar-refractivity contribution >= 4 is 22.6 Å². The Hall–Kier alpha value is -2.74. The molecular weight excluding hydrogens is 270 g/mol. The SMILES string of the molecule is C#CCOC(=O)Cc1cc(=O)oc2cc(N(C)C)ccc12. The van der Waals surface area contributed by atoms with Crippen LogP contribution in [0.2, 0.25) is 0 Å². The third kappa shape index (κ3) is 3.42. The highest BCUT2D eigenvalue weighted by Crippen LogP contribution is 2.23. The Morgan fingerprint density at radius 2 is 2.14 bits per heavy atom. The zero-order valence-electron chi connectivity index (χ0n) is 11.9. The van der Waals surface area contributed by atoms with Crippen LogP contribution in [0.4, 0.5) is 5.69 Å². The summed E-state index contributed by atoms with van der Waals surface area (Å²) in [5.41, 5.74) is 1.40. The highest BCUT2D eigenvalue weighted by molar-refractivity contribution is 5.87. The van der Waals surface area contributed by atoms with Crippen LogP contribution < -0.4 is 10.5 Å². The van der Waals surface area contributed by atoms with Crippen LogP contribution in [-0.2, 0) is 16.0 Å². The van der Waals surface area contributed by atoms with Crippen LogP contribution >= 0.6 is 0 Å². The van der Waals surface area contributed by atoms with E-state index in [0.29, 0.717) is 16.5 Å². The van der Waals surface area contributed by atoms with E-state index in [1.807, 2.05) is 31.1 Å². The lowest BCUT2D eigenvalue weighted by molar-refractivity contribution is -0.141. The van der Waals surface area contributed by atoms with Gasteiger partial charge in [-0.3, -0.25) is 4.79 Å². The minimum Gasteiger partial charge on any atom is -0.452 e. The molecule has 0 atom stereocenters. The summed E-state index contributed by atoms with van der Waals surface area (Å²) < 4.78 is 10.0. The molecule has 0 fully saturated rings. The van der Waals surface area contributed by atoms with Gasteiger partial charge < -0.3 is 14.1 Å². The first-order valence-electron chi connectivity index (χ1n) is 6.34. The summed E-state index contributed by atoms with van der Waals surface area (Å²) in [6, 6.07) is 6.76. The van der Waals surface area contributed by atoms with E-state index in [-0.39, 0.29) is 13.0 Å². The molecule has 0 spiro atoms. The van der Waals surface area contributed by atoms with Crippen molar-refractivity contribution in [3.63, 3.8) is 0 Å². The number of benzene rings is 1. The Labute approximate surface area is 122 Å². The average Bonchev–Trinajstić information content (AvgIpc) is 2.44. The summed E-state index contributed by atoms with van der Waals surface area (Å²) in [4.78, 5) is 25.2. The molecule has 2 rings (SSSR count). The van der Waals surface area contributed by atoms with E-state index in [0.717, 1.165) is 5.69 Å². The van der Waals surface area contributed by atoms with Crippen LogP contribution in [-0.4, -0.2) is 26.7 Å². The number of rotatable bonds is 4. The van der Waals surface area contributed by atoms with Crippen molar-refractivity contribution in [2.24, 2.45) is 0 Å². The maximum Gasteiger partial charge on any atom is 0.336 e. The molecule has 5 heteroatoms. The summed E-state index contributed by atoms with van der Waals surface area (Å²) in [5.74, 6) is 1.75. The van der Waals surface area contributed by atoms with Crippen molar-refractivity contribution in [3.05, 3.63) is 40.2 Å². The number of nitrogens with zero attached hydrogens (tertiary/aromatic N) is 1. The quantitative estimate of drug-likeness (QED) is 0.485. The molecule has 0 aliphatic heterocycles. The predicted molar refractivity (Wildman–Crippen MR) is 80.3 cm³/mol. The molecule has 0 aliphatic carbocycles. The molecule has 2 aromatic rings. The fraction of sp³-hybridized carbons (Fsp3) is 0.250. The van der Waals surface area contributed by atoms with Crippen LogP contribution in [0.5, 0.6) is 0 Å². The monoisotopic (exact) mass is 285 g/mol. The second-order valence-corrected chi connectivity index (χ2v) is 4.71. The van der Waals surface area contributed by atoms with E-state index in [1.54, 1.807) is 6.07 Å².